The number of pyridine rings is 2. The van der Waals surface area contributed by atoms with Crippen molar-refractivity contribution in [1.82, 2.24) is 14.5 Å². The van der Waals surface area contributed by atoms with Gasteiger partial charge in [-0.25, -0.2) is 0 Å². The van der Waals surface area contributed by atoms with Gasteiger partial charge in [0.05, 0.1) is 22.4 Å². The van der Waals surface area contributed by atoms with Crippen LogP contribution >= 0.6 is 0 Å². The van der Waals surface area contributed by atoms with E-state index in [2.05, 4.69) is 168 Å². The van der Waals surface area contributed by atoms with E-state index < -0.39 is 0 Å². The van der Waals surface area contributed by atoms with Gasteiger partial charge in [-0.05, 0) is 88.7 Å². The molecule has 0 amide bonds. The van der Waals surface area contributed by atoms with E-state index >= 15 is 0 Å². The van der Waals surface area contributed by atoms with Crippen molar-refractivity contribution >= 4 is 32.6 Å². The molecule has 0 radical (unpaired) electrons. The van der Waals surface area contributed by atoms with Gasteiger partial charge in [-0.15, -0.1) is 0 Å². The molecule has 0 fully saturated rings. The Labute approximate surface area is 279 Å². The Morgan fingerprint density at radius 2 is 1.04 bits per heavy atom. The number of benzene rings is 6. The molecule has 226 valence electrons. The highest BCUT2D eigenvalue weighted by Crippen LogP contribution is 2.39. The zero-order chi connectivity index (χ0) is 32.0. The number of aromatic nitrogens is 3. The summed E-state index contributed by atoms with van der Waals surface area (Å²) in [5.74, 6) is 0. The number of rotatable bonds is 5. The van der Waals surface area contributed by atoms with E-state index in [4.69, 9.17) is 4.98 Å². The summed E-state index contributed by atoms with van der Waals surface area (Å²) in [6.45, 7) is 2.05. The molecule has 3 aromatic heterocycles. The maximum Gasteiger partial charge on any atom is 0.0717 e. The summed E-state index contributed by atoms with van der Waals surface area (Å²) in [6, 6.07) is 56.6. The fourth-order valence-corrected chi connectivity index (χ4v) is 6.88. The van der Waals surface area contributed by atoms with Crippen molar-refractivity contribution in [3.05, 3.63) is 176 Å². The minimum absolute atomic E-state index is 0.929. The molecule has 0 saturated heterocycles. The van der Waals surface area contributed by atoms with Crippen molar-refractivity contribution in [1.29, 1.82) is 0 Å². The maximum absolute atomic E-state index is 4.88. The van der Waals surface area contributed by atoms with E-state index in [-0.39, 0.29) is 0 Å². The molecule has 6 aromatic carbocycles. The Hall–Kier alpha value is -6.32. The largest absolute Gasteiger partial charge is 0.309 e. The summed E-state index contributed by atoms with van der Waals surface area (Å²) in [5.41, 5.74) is 13.5. The Balaban J connectivity index is 1.19. The predicted octanol–water partition coefficient (Wildman–Crippen LogP) is 11.7. The first kappa shape index (κ1) is 27.9. The number of hydrogen-bond donors (Lipinski definition) is 0. The zero-order valence-electron chi connectivity index (χ0n) is 26.5. The third kappa shape index (κ3) is 4.85. The van der Waals surface area contributed by atoms with E-state index in [1.54, 1.807) is 0 Å². The van der Waals surface area contributed by atoms with Crippen molar-refractivity contribution in [2.24, 2.45) is 0 Å². The molecular formula is C45H31N3. The SMILES string of the molecule is Cc1ccc(-c2ccc(-c3ccc4c5ccc6cc(-c7cccc(-c8ccccc8)c7)ccc6c5n(-c5ccccc5)c4c3)nc2)nc1. The quantitative estimate of drug-likeness (QED) is 0.193. The van der Waals surface area contributed by atoms with Crippen molar-refractivity contribution < 1.29 is 0 Å². The van der Waals surface area contributed by atoms with Gasteiger partial charge in [0.1, 0.15) is 0 Å². The molecule has 3 nitrogen and oxygen atoms in total. The number of hydrogen-bond acceptors (Lipinski definition) is 2. The standard InChI is InChI=1S/C45H31N3/c1-30-15-23-43(46-28-30)37-19-24-42(47-29-37)36-18-21-40-41-22-17-35-26-34(33-12-8-11-32(25-33)31-9-4-2-5-10-31)16-20-39(35)45(41)48(44(40)27-36)38-13-6-3-7-14-38/h2-29H,1H3. The number of fused-ring (bicyclic) bond motifs is 5. The topological polar surface area (TPSA) is 30.7 Å². The molecule has 48 heavy (non-hydrogen) atoms. The van der Waals surface area contributed by atoms with Crippen molar-refractivity contribution in [2.45, 2.75) is 6.92 Å². The first-order chi connectivity index (χ1) is 23.7. The average molecular weight is 614 g/mol. The minimum Gasteiger partial charge on any atom is -0.309 e. The van der Waals surface area contributed by atoms with Crippen LogP contribution in [0.5, 0.6) is 0 Å². The molecule has 3 heterocycles. The molecule has 0 saturated carbocycles. The van der Waals surface area contributed by atoms with Crippen LogP contribution in [-0.2, 0) is 0 Å². The molecule has 0 aliphatic rings. The van der Waals surface area contributed by atoms with Crippen LogP contribution in [0.1, 0.15) is 5.56 Å². The van der Waals surface area contributed by atoms with Gasteiger partial charge in [-0.2, -0.15) is 0 Å². The second kappa shape index (κ2) is 11.5. The maximum atomic E-state index is 4.88. The fraction of sp³-hybridized carbons (Fsp3) is 0.0222. The smallest absolute Gasteiger partial charge is 0.0717 e. The minimum atomic E-state index is 0.929. The Morgan fingerprint density at radius 3 is 1.81 bits per heavy atom. The number of nitrogens with zero attached hydrogens (tertiary/aromatic N) is 3. The van der Waals surface area contributed by atoms with E-state index in [1.165, 1.54) is 49.3 Å². The third-order valence-corrected chi connectivity index (χ3v) is 9.33. The first-order valence-corrected chi connectivity index (χ1v) is 16.3. The molecule has 0 aliphatic heterocycles. The van der Waals surface area contributed by atoms with Gasteiger partial charge in [0.2, 0.25) is 0 Å². The van der Waals surface area contributed by atoms with Crippen LogP contribution in [0, 0.1) is 6.92 Å². The molecule has 0 aliphatic carbocycles. The number of aryl methyl sites for hydroxylation is 1. The van der Waals surface area contributed by atoms with Gasteiger partial charge in [0.15, 0.2) is 0 Å². The van der Waals surface area contributed by atoms with Gasteiger partial charge in [0.25, 0.3) is 0 Å². The lowest BCUT2D eigenvalue weighted by Crippen LogP contribution is -1.95. The van der Waals surface area contributed by atoms with E-state index in [1.807, 2.05) is 18.5 Å². The second-order valence-electron chi connectivity index (χ2n) is 12.4. The van der Waals surface area contributed by atoms with Crippen LogP contribution in [-0.4, -0.2) is 14.5 Å². The van der Waals surface area contributed by atoms with Crippen molar-refractivity contribution in [3.63, 3.8) is 0 Å². The molecule has 0 N–H and O–H groups in total. The highest BCUT2D eigenvalue weighted by molar-refractivity contribution is 6.19. The summed E-state index contributed by atoms with van der Waals surface area (Å²) in [5, 5.41) is 4.90. The van der Waals surface area contributed by atoms with Crippen molar-refractivity contribution in [2.75, 3.05) is 0 Å². The highest BCUT2D eigenvalue weighted by Gasteiger charge is 2.17. The summed E-state index contributed by atoms with van der Waals surface area (Å²) in [4.78, 5) is 9.46. The van der Waals surface area contributed by atoms with E-state index in [0.29, 0.717) is 0 Å². The number of para-hydroxylation sites is 1. The summed E-state index contributed by atoms with van der Waals surface area (Å²) in [7, 11) is 0. The van der Waals surface area contributed by atoms with E-state index in [0.717, 1.165) is 39.3 Å². The lowest BCUT2D eigenvalue weighted by Gasteiger charge is -2.12. The Morgan fingerprint density at radius 1 is 0.417 bits per heavy atom. The summed E-state index contributed by atoms with van der Waals surface area (Å²) < 4.78 is 2.41. The molecule has 3 heteroatoms. The summed E-state index contributed by atoms with van der Waals surface area (Å²) >= 11 is 0. The molecule has 0 spiro atoms. The molecular weight excluding hydrogens is 583 g/mol. The van der Waals surface area contributed by atoms with Gasteiger partial charge in [0, 0.05) is 45.4 Å². The lowest BCUT2D eigenvalue weighted by molar-refractivity contribution is 1.19. The molecule has 9 rings (SSSR count). The van der Waals surface area contributed by atoms with Gasteiger partial charge < -0.3 is 4.57 Å². The van der Waals surface area contributed by atoms with Crippen LogP contribution in [0.2, 0.25) is 0 Å². The molecule has 0 bridgehead atoms. The van der Waals surface area contributed by atoms with Crippen molar-refractivity contribution in [3.8, 4) is 50.5 Å². The predicted molar refractivity (Wildman–Crippen MR) is 200 cm³/mol. The monoisotopic (exact) mass is 613 g/mol. The zero-order valence-corrected chi connectivity index (χ0v) is 26.5. The molecule has 9 aromatic rings. The van der Waals surface area contributed by atoms with Crippen LogP contribution in [0.15, 0.2) is 170 Å². The van der Waals surface area contributed by atoms with Gasteiger partial charge in [-0.3, -0.25) is 9.97 Å². The Bertz CT molecular complexity index is 2580. The molecule has 0 unspecified atom stereocenters. The Kier molecular flexibility index (Phi) is 6.69. The van der Waals surface area contributed by atoms with Crippen LogP contribution in [0.3, 0.4) is 0 Å². The highest BCUT2D eigenvalue weighted by atomic mass is 15.0. The third-order valence-electron chi connectivity index (χ3n) is 9.33. The molecule has 0 atom stereocenters. The fourth-order valence-electron chi connectivity index (χ4n) is 6.88. The van der Waals surface area contributed by atoms with E-state index in [9.17, 15) is 0 Å². The van der Waals surface area contributed by atoms with Crippen LogP contribution in [0.25, 0.3) is 83.0 Å². The first-order valence-electron chi connectivity index (χ1n) is 16.3. The second-order valence-corrected chi connectivity index (χ2v) is 12.4. The van der Waals surface area contributed by atoms with Crippen LogP contribution in [0.4, 0.5) is 0 Å². The van der Waals surface area contributed by atoms with Gasteiger partial charge in [-0.1, -0.05) is 109 Å². The average Bonchev–Trinajstić information content (AvgIpc) is 3.50. The summed E-state index contributed by atoms with van der Waals surface area (Å²) in [6.07, 6.45) is 3.82. The lowest BCUT2D eigenvalue weighted by atomic mass is 9.96. The van der Waals surface area contributed by atoms with Crippen LogP contribution < -0.4 is 0 Å². The normalized spacial score (nSPS) is 11.4. The van der Waals surface area contributed by atoms with Gasteiger partial charge >= 0.3 is 0 Å².